The average molecular weight is 431 g/mol. The molecule has 1 heterocycles. The number of carbonyl (C=O) groups is 1. The molecule has 32 heavy (non-hydrogen) atoms. The van der Waals surface area contributed by atoms with Crippen LogP contribution in [0.2, 0.25) is 0 Å². The molecule has 0 radical (unpaired) electrons. The molecule has 1 N–H and O–H groups in total. The summed E-state index contributed by atoms with van der Waals surface area (Å²) in [6.45, 7) is 0.860. The predicted octanol–water partition coefficient (Wildman–Crippen LogP) is 3.51. The van der Waals surface area contributed by atoms with Gasteiger partial charge in [0.05, 0.1) is 10.6 Å². The third-order valence-electron chi connectivity index (χ3n) is 4.57. The number of methoxy groups -OCH3 is 1. The zero-order chi connectivity index (χ0) is 22.9. The van der Waals surface area contributed by atoms with Gasteiger partial charge in [-0.3, -0.25) is 14.9 Å². The fraction of sp³-hybridized carbons (Fsp3) is 0.174. The lowest BCUT2D eigenvalue weighted by Gasteiger charge is -2.04. The number of nitrogens with one attached hydrogen (secondary N) is 1. The lowest BCUT2D eigenvalue weighted by molar-refractivity contribution is -0.384. The van der Waals surface area contributed by atoms with Gasteiger partial charge >= 0.3 is 0 Å². The third kappa shape index (κ3) is 5.44. The van der Waals surface area contributed by atoms with Crippen molar-refractivity contribution in [2.24, 2.45) is 0 Å². The number of hydrogen-bond acceptors (Lipinski definition) is 6. The first-order chi connectivity index (χ1) is 15.5. The molecule has 9 heteroatoms. The van der Waals surface area contributed by atoms with E-state index in [1.807, 2.05) is 36.4 Å². The molecule has 0 aliphatic heterocycles. The van der Waals surface area contributed by atoms with Gasteiger partial charge in [-0.05, 0) is 24.6 Å². The van der Waals surface area contributed by atoms with Crippen LogP contribution >= 0.6 is 0 Å². The molecule has 0 atom stereocenters. The van der Waals surface area contributed by atoms with Crippen molar-refractivity contribution >= 4 is 17.7 Å². The van der Waals surface area contributed by atoms with Crippen LogP contribution in [0, 0.1) is 21.4 Å². The Morgan fingerprint density at radius 2 is 2.06 bits per heavy atom. The summed E-state index contributed by atoms with van der Waals surface area (Å²) in [5.74, 6) is -0.513. The van der Waals surface area contributed by atoms with E-state index in [2.05, 4.69) is 10.4 Å². The van der Waals surface area contributed by atoms with E-state index >= 15 is 0 Å². The molecule has 0 spiro atoms. The lowest BCUT2D eigenvalue weighted by atomic mass is 10.1. The number of non-ortho nitro benzene ring substituents is 1. The topological polar surface area (TPSA) is 123 Å². The zero-order valence-corrected chi connectivity index (χ0v) is 17.4. The van der Waals surface area contributed by atoms with Gasteiger partial charge in [0.15, 0.2) is 0 Å². The quantitative estimate of drug-likeness (QED) is 0.182. The van der Waals surface area contributed by atoms with Crippen LogP contribution in [-0.4, -0.2) is 40.9 Å². The van der Waals surface area contributed by atoms with E-state index in [1.54, 1.807) is 30.1 Å². The number of aromatic nitrogens is 2. The Morgan fingerprint density at radius 3 is 2.75 bits per heavy atom. The minimum atomic E-state index is -0.513. The molecule has 0 saturated heterocycles. The van der Waals surface area contributed by atoms with Crippen LogP contribution in [0.5, 0.6) is 0 Å². The van der Waals surface area contributed by atoms with Gasteiger partial charge in [-0.15, -0.1) is 0 Å². The molecule has 9 nitrogen and oxygen atoms in total. The van der Waals surface area contributed by atoms with Gasteiger partial charge in [0.25, 0.3) is 11.6 Å². The molecule has 0 aliphatic carbocycles. The third-order valence-corrected chi connectivity index (χ3v) is 4.57. The molecule has 0 fully saturated rings. The van der Waals surface area contributed by atoms with Crippen molar-refractivity contribution in [1.29, 1.82) is 5.26 Å². The Hall–Kier alpha value is -4.29. The van der Waals surface area contributed by atoms with E-state index in [0.717, 1.165) is 5.69 Å². The largest absolute Gasteiger partial charge is 0.385 e. The maximum Gasteiger partial charge on any atom is 0.270 e. The summed E-state index contributed by atoms with van der Waals surface area (Å²) >= 11 is 0. The summed E-state index contributed by atoms with van der Waals surface area (Å²) in [6, 6.07) is 17.3. The number of amides is 1. The second-order valence-electron chi connectivity index (χ2n) is 6.79. The maximum absolute atomic E-state index is 12.5. The van der Waals surface area contributed by atoms with Gasteiger partial charge in [0.1, 0.15) is 17.3 Å². The van der Waals surface area contributed by atoms with Crippen LogP contribution in [0.4, 0.5) is 5.69 Å². The van der Waals surface area contributed by atoms with Crippen LogP contribution in [0.3, 0.4) is 0 Å². The second-order valence-corrected chi connectivity index (χ2v) is 6.79. The molecular formula is C23H21N5O4. The fourth-order valence-corrected chi connectivity index (χ4v) is 3.01. The lowest BCUT2D eigenvalue weighted by Crippen LogP contribution is -2.26. The molecule has 3 rings (SSSR count). The first-order valence-electron chi connectivity index (χ1n) is 9.82. The SMILES string of the molecule is COCCCNC(=O)/C(C#N)=C/c1cn(-c2ccccc2)nc1-c1cccc([N+](=O)[O-])c1. The molecule has 1 aromatic heterocycles. The summed E-state index contributed by atoms with van der Waals surface area (Å²) in [4.78, 5) is 23.2. The van der Waals surface area contributed by atoms with Crippen molar-refractivity contribution in [3.63, 3.8) is 0 Å². The van der Waals surface area contributed by atoms with Crippen molar-refractivity contribution in [3.05, 3.63) is 82.0 Å². The number of ether oxygens (including phenoxy) is 1. The molecule has 162 valence electrons. The van der Waals surface area contributed by atoms with Crippen molar-refractivity contribution in [2.45, 2.75) is 6.42 Å². The highest BCUT2D eigenvalue weighted by Crippen LogP contribution is 2.28. The molecule has 2 aromatic carbocycles. The summed E-state index contributed by atoms with van der Waals surface area (Å²) < 4.78 is 6.55. The standard InChI is InChI=1S/C23H21N5O4/c1-32-12-6-11-25-23(29)18(15-24)13-19-16-27(20-8-3-2-4-9-20)26-22(19)17-7-5-10-21(14-17)28(30)31/h2-5,7-10,13-14,16H,6,11-12H2,1H3,(H,25,29)/b18-13+. The maximum atomic E-state index is 12.5. The second kappa shape index (κ2) is 10.7. The van der Waals surface area contributed by atoms with Crippen LogP contribution in [0.25, 0.3) is 23.0 Å². The number of nitro benzene ring substituents is 1. The van der Waals surface area contributed by atoms with Gasteiger partial charge < -0.3 is 10.1 Å². The summed E-state index contributed by atoms with van der Waals surface area (Å²) in [5.41, 5.74) is 1.99. The minimum absolute atomic E-state index is 0.0805. The molecule has 1 amide bonds. The monoisotopic (exact) mass is 431 g/mol. The summed E-state index contributed by atoms with van der Waals surface area (Å²) in [6.07, 6.45) is 3.73. The first kappa shape index (κ1) is 22.4. The van der Waals surface area contributed by atoms with E-state index in [1.165, 1.54) is 18.2 Å². The van der Waals surface area contributed by atoms with Crippen molar-refractivity contribution in [2.75, 3.05) is 20.3 Å². The molecule has 0 aliphatic rings. The molecular weight excluding hydrogens is 410 g/mol. The van der Waals surface area contributed by atoms with Gasteiger partial charge in [-0.2, -0.15) is 10.4 Å². The number of rotatable bonds is 9. The van der Waals surface area contributed by atoms with Gasteiger partial charge in [0.2, 0.25) is 0 Å². The first-order valence-corrected chi connectivity index (χ1v) is 9.82. The molecule has 0 unspecified atom stereocenters. The van der Waals surface area contributed by atoms with Crippen LogP contribution in [-0.2, 0) is 9.53 Å². The van der Waals surface area contributed by atoms with Crippen molar-refractivity contribution < 1.29 is 14.5 Å². The van der Waals surface area contributed by atoms with Crippen molar-refractivity contribution in [1.82, 2.24) is 15.1 Å². The minimum Gasteiger partial charge on any atom is -0.385 e. The van der Waals surface area contributed by atoms with Gasteiger partial charge in [-0.1, -0.05) is 30.3 Å². The van der Waals surface area contributed by atoms with Gasteiger partial charge in [-0.25, -0.2) is 4.68 Å². The normalized spacial score (nSPS) is 11.1. The molecule has 0 bridgehead atoms. The zero-order valence-electron chi connectivity index (χ0n) is 17.4. The highest BCUT2D eigenvalue weighted by atomic mass is 16.6. The number of nitrogens with zero attached hydrogens (tertiary/aromatic N) is 4. The predicted molar refractivity (Wildman–Crippen MR) is 119 cm³/mol. The van der Waals surface area contributed by atoms with Crippen LogP contribution in [0.1, 0.15) is 12.0 Å². The molecule has 3 aromatic rings. The van der Waals surface area contributed by atoms with E-state index < -0.39 is 10.8 Å². The van der Waals surface area contributed by atoms with Crippen LogP contribution in [0.15, 0.2) is 66.4 Å². The average Bonchev–Trinajstić information content (AvgIpc) is 3.24. The Labute approximate surface area is 184 Å². The van der Waals surface area contributed by atoms with Gasteiger partial charge in [0, 0.05) is 49.7 Å². The van der Waals surface area contributed by atoms with E-state index in [9.17, 15) is 20.2 Å². The number of nitriles is 1. The number of nitro groups is 1. The number of hydrogen-bond donors (Lipinski definition) is 1. The van der Waals surface area contributed by atoms with E-state index in [4.69, 9.17) is 4.74 Å². The number of para-hydroxylation sites is 1. The Morgan fingerprint density at radius 1 is 1.28 bits per heavy atom. The fourth-order valence-electron chi connectivity index (χ4n) is 3.01. The number of benzene rings is 2. The van der Waals surface area contributed by atoms with E-state index in [-0.39, 0.29) is 11.3 Å². The smallest absolute Gasteiger partial charge is 0.270 e. The Bertz CT molecular complexity index is 1180. The van der Waals surface area contributed by atoms with Crippen LogP contribution < -0.4 is 5.32 Å². The van der Waals surface area contributed by atoms with Crippen molar-refractivity contribution in [3.8, 4) is 23.0 Å². The Balaban J connectivity index is 2.03. The van der Waals surface area contributed by atoms with E-state index in [0.29, 0.717) is 36.4 Å². The summed E-state index contributed by atoms with van der Waals surface area (Å²) in [7, 11) is 1.57. The highest BCUT2D eigenvalue weighted by molar-refractivity contribution is 6.02. The highest BCUT2D eigenvalue weighted by Gasteiger charge is 2.17. The molecule has 0 saturated carbocycles. The summed E-state index contributed by atoms with van der Waals surface area (Å²) in [5, 5.41) is 28.0. The number of carbonyl (C=O) groups excluding carboxylic acids is 1. The Kier molecular flexibility index (Phi) is 7.46.